The first-order valence-electron chi connectivity index (χ1n) is 6.27. The molecule has 2 aromatic carbocycles. The molecule has 1 amide bonds. The molecule has 0 heterocycles. The molecule has 0 fully saturated rings. The number of carbonyl (C=O) groups is 2. The second-order valence-corrected chi connectivity index (χ2v) is 4.19. The van der Waals surface area contributed by atoms with Gasteiger partial charge in [0.25, 0.3) is 5.91 Å². The minimum atomic E-state index is -0.650. The number of rotatable bonds is 6. The molecule has 0 aliphatic rings. The Morgan fingerprint density at radius 3 is 2.25 bits per heavy atom. The fourth-order valence-corrected chi connectivity index (χ4v) is 1.74. The molecule has 0 aliphatic heterocycles. The highest BCUT2D eigenvalue weighted by Gasteiger charge is 2.13. The van der Waals surface area contributed by atoms with Crippen LogP contribution in [0.5, 0.6) is 5.75 Å². The maximum atomic E-state index is 11.8. The molecule has 4 nitrogen and oxygen atoms in total. The monoisotopic (exact) mass is 269 g/mol. The van der Waals surface area contributed by atoms with Gasteiger partial charge >= 0.3 is 0 Å². The maximum absolute atomic E-state index is 11.8. The fourth-order valence-electron chi connectivity index (χ4n) is 1.74. The molecule has 0 aromatic heterocycles. The zero-order valence-corrected chi connectivity index (χ0v) is 10.9. The highest BCUT2D eigenvalue weighted by molar-refractivity contribution is 5.81. The first-order chi connectivity index (χ1) is 9.79. The van der Waals surface area contributed by atoms with E-state index >= 15 is 0 Å². The summed E-state index contributed by atoms with van der Waals surface area (Å²) in [7, 11) is 0. The van der Waals surface area contributed by atoms with E-state index in [0.717, 1.165) is 5.56 Å². The second kappa shape index (κ2) is 7.09. The molecular formula is C16H15NO3. The van der Waals surface area contributed by atoms with Crippen molar-refractivity contribution in [2.45, 2.75) is 6.04 Å². The van der Waals surface area contributed by atoms with E-state index in [-0.39, 0.29) is 12.5 Å². The van der Waals surface area contributed by atoms with E-state index in [0.29, 0.717) is 12.0 Å². The molecule has 4 heteroatoms. The first-order valence-corrected chi connectivity index (χ1v) is 6.27. The number of aldehydes is 1. The number of hydrogen-bond acceptors (Lipinski definition) is 3. The van der Waals surface area contributed by atoms with Crippen LogP contribution in [0.25, 0.3) is 0 Å². The van der Waals surface area contributed by atoms with Crippen LogP contribution in [0.2, 0.25) is 0 Å². The van der Waals surface area contributed by atoms with Gasteiger partial charge in [0.2, 0.25) is 0 Å². The summed E-state index contributed by atoms with van der Waals surface area (Å²) >= 11 is 0. The zero-order chi connectivity index (χ0) is 14.2. The van der Waals surface area contributed by atoms with Gasteiger partial charge in [-0.2, -0.15) is 0 Å². The lowest BCUT2D eigenvalue weighted by Crippen LogP contribution is -2.33. The normalized spacial score (nSPS) is 11.4. The molecule has 1 unspecified atom stereocenters. The third kappa shape index (κ3) is 3.95. The zero-order valence-electron chi connectivity index (χ0n) is 10.9. The van der Waals surface area contributed by atoms with Crippen LogP contribution in [0.4, 0.5) is 0 Å². The molecule has 0 bridgehead atoms. The standard InChI is InChI=1S/C16H15NO3/c18-11-15(13-7-3-1-4-8-13)17-16(19)12-20-14-9-5-2-6-10-14/h1-11,15H,12H2,(H,17,19). The van der Waals surface area contributed by atoms with Crippen molar-refractivity contribution in [2.75, 3.05) is 6.61 Å². The molecule has 0 saturated heterocycles. The van der Waals surface area contributed by atoms with Crippen LogP contribution in [0, 0.1) is 0 Å². The van der Waals surface area contributed by atoms with Crippen LogP contribution in [0.15, 0.2) is 60.7 Å². The van der Waals surface area contributed by atoms with Gasteiger partial charge in [-0.05, 0) is 17.7 Å². The van der Waals surface area contributed by atoms with Crippen LogP contribution < -0.4 is 10.1 Å². The van der Waals surface area contributed by atoms with Crippen molar-refractivity contribution >= 4 is 12.2 Å². The summed E-state index contributed by atoms with van der Waals surface area (Å²) in [6.45, 7) is -0.124. The Bertz CT molecular complexity index is 554. The number of hydrogen-bond donors (Lipinski definition) is 1. The fraction of sp³-hybridized carbons (Fsp3) is 0.125. The molecule has 0 radical (unpaired) electrons. The molecule has 0 aliphatic carbocycles. The van der Waals surface area contributed by atoms with E-state index in [2.05, 4.69) is 5.32 Å². The van der Waals surface area contributed by atoms with Gasteiger partial charge in [0, 0.05) is 0 Å². The van der Waals surface area contributed by atoms with Gasteiger partial charge in [0.15, 0.2) is 6.61 Å². The minimum Gasteiger partial charge on any atom is -0.484 e. The SMILES string of the molecule is O=CC(NC(=O)COc1ccccc1)c1ccccc1. The summed E-state index contributed by atoms with van der Waals surface area (Å²) in [5.74, 6) is 0.278. The Morgan fingerprint density at radius 2 is 1.65 bits per heavy atom. The van der Waals surface area contributed by atoms with Gasteiger partial charge in [0.1, 0.15) is 18.1 Å². The Morgan fingerprint density at radius 1 is 1.05 bits per heavy atom. The van der Waals surface area contributed by atoms with Crippen molar-refractivity contribution in [2.24, 2.45) is 0 Å². The summed E-state index contributed by atoms with van der Waals surface area (Å²) < 4.78 is 5.32. The van der Waals surface area contributed by atoms with E-state index < -0.39 is 6.04 Å². The van der Waals surface area contributed by atoms with E-state index in [1.165, 1.54) is 0 Å². The lowest BCUT2D eigenvalue weighted by Gasteiger charge is -2.13. The van der Waals surface area contributed by atoms with Gasteiger partial charge < -0.3 is 14.8 Å². The highest BCUT2D eigenvalue weighted by atomic mass is 16.5. The molecule has 0 saturated carbocycles. The maximum Gasteiger partial charge on any atom is 0.258 e. The smallest absolute Gasteiger partial charge is 0.258 e. The third-order valence-corrected chi connectivity index (χ3v) is 2.72. The highest BCUT2D eigenvalue weighted by Crippen LogP contribution is 2.10. The molecule has 0 spiro atoms. The first kappa shape index (κ1) is 13.8. The average Bonchev–Trinajstić information content (AvgIpc) is 2.52. The lowest BCUT2D eigenvalue weighted by atomic mass is 10.1. The Labute approximate surface area is 117 Å². The molecule has 1 atom stereocenters. The summed E-state index contributed by atoms with van der Waals surface area (Å²) in [5, 5.41) is 2.62. The number of nitrogens with one attached hydrogen (secondary N) is 1. The molecule has 102 valence electrons. The Kier molecular flexibility index (Phi) is 4.89. The second-order valence-electron chi connectivity index (χ2n) is 4.19. The van der Waals surface area contributed by atoms with Crippen molar-refractivity contribution < 1.29 is 14.3 Å². The Balaban J connectivity index is 1.88. The van der Waals surface area contributed by atoms with E-state index in [1.807, 2.05) is 36.4 Å². The number of benzene rings is 2. The predicted molar refractivity (Wildman–Crippen MR) is 75.3 cm³/mol. The van der Waals surface area contributed by atoms with Gasteiger partial charge in [-0.25, -0.2) is 0 Å². The summed E-state index contributed by atoms with van der Waals surface area (Å²) in [6, 6.07) is 17.5. The van der Waals surface area contributed by atoms with Crippen LogP contribution in [0.1, 0.15) is 11.6 Å². The van der Waals surface area contributed by atoms with Crippen molar-refractivity contribution in [3.05, 3.63) is 66.2 Å². The van der Waals surface area contributed by atoms with Crippen molar-refractivity contribution in [1.82, 2.24) is 5.32 Å². The van der Waals surface area contributed by atoms with Crippen molar-refractivity contribution in [3.8, 4) is 5.75 Å². The third-order valence-electron chi connectivity index (χ3n) is 2.72. The predicted octanol–water partition coefficient (Wildman–Crippen LogP) is 2.12. The Hall–Kier alpha value is -2.62. The van der Waals surface area contributed by atoms with Gasteiger partial charge in [-0.3, -0.25) is 4.79 Å². The topological polar surface area (TPSA) is 55.4 Å². The summed E-state index contributed by atoms with van der Waals surface area (Å²) in [4.78, 5) is 22.8. The molecule has 2 aromatic rings. The van der Waals surface area contributed by atoms with Crippen LogP contribution in [-0.4, -0.2) is 18.8 Å². The van der Waals surface area contributed by atoms with E-state index in [9.17, 15) is 9.59 Å². The van der Waals surface area contributed by atoms with Crippen LogP contribution >= 0.6 is 0 Å². The van der Waals surface area contributed by atoms with Crippen LogP contribution in [-0.2, 0) is 9.59 Å². The summed E-state index contributed by atoms with van der Waals surface area (Å²) in [6.07, 6.45) is 0.704. The lowest BCUT2D eigenvalue weighted by molar-refractivity contribution is -0.125. The van der Waals surface area contributed by atoms with E-state index in [4.69, 9.17) is 4.74 Å². The largest absolute Gasteiger partial charge is 0.484 e. The number of ether oxygens (including phenoxy) is 1. The molecule has 20 heavy (non-hydrogen) atoms. The molecule has 2 rings (SSSR count). The van der Waals surface area contributed by atoms with Gasteiger partial charge in [-0.1, -0.05) is 48.5 Å². The number of amides is 1. The van der Waals surface area contributed by atoms with Crippen molar-refractivity contribution in [1.29, 1.82) is 0 Å². The van der Waals surface area contributed by atoms with Gasteiger partial charge in [0.05, 0.1) is 0 Å². The van der Waals surface area contributed by atoms with E-state index in [1.54, 1.807) is 24.3 Å². The molecule has 1 N–H and O–H groups in total. The van der Waals surface area contributed by atoms with Crippen LogP contribution in [0.3, 0.4) is 0 Å². The minimum absolute atomic E-state index is 0.124. The summed E-state index contributed by atoms with van der Waals surface area (Å²) in [5.41, 5.74) is 0.746. The molecular weight excluding hydrogens is 254 g/mol. The quantitative estimate of drug-likeness (QED) is 0.817. The van der Waals surface area contributed by atoms with Crippen molar-refractivity contribution in [3.63, 3.8) is 0 Å². The number of para-hydroxylation sites is 1. The van der Waals surface area contributed by atoms with Gasteiger partial charge in [-0.15, -0.1) is 0 Å². The number of carbonyl (C=O) groups excluding carboxylic acids is 2. The average molecular weight is 269 g/mol.